The molecule has 1 aromatic rings. The molecule has 5 N–H and O–H groups in total. The highest BCUT2D eigenvalue weighted by atomic mass is 35.5. The third kappa shape index (κ3) is 8.29. The number of aliphatic hydroxyl groups excluding tert-OH is 1. The van der Waals surface area contributed by atoms with E-state index in [0.717, 1.165) is 12.1 Å². The van der Waals surface area contributed by atoms with Gasteiger partial charge in [-0.1, -0.05) is 0 Å². The number of hydrogen-bond donors (Lipinski definition) is 4. The zero-order chi connectivity index (χ0) is 16.5. The van der Waals surface area contributed by atoms with Crippen LogP contribution in [0.5, 0.6) is 5.75 Å². The molecule has 23 heavy (non-hydrogen) atoms. The Bertz CT molecular complexity index is 534. The quantitative estimate of drug-likeness (QED) is 0.494. The zero-order valence-electron chi connectivity index (χ0n) is 12.1. The minimum atomic E-state index is -1.06. The van der Waals surface area contributed by atoms with Crippen molar-refractivity contribution >= 4 is 24.2 Å². The van der Waals surface area contributed by atoms with Gasteiger partial charge >= 0.3 is 0 Å². The van der Waals surface area contributed by atoms with Gasteiger partial charge < -0.3 is 26.2 Å². The van der Waals surface area contributed by atoms with E-state index in [1.54, 1.807) is 0 Å². The highest BCUT2D eigenvalue weighted by molar-refractivity contribution is 5.85. The lowest BCUT2D eigenvalue weighted by atomic mass is 10.3. The number of carbonyl (C=O) groups is 2. The highest BCUT2D eigenvalue weighted by Gasteiger charge is 2.10. The maximum Gasteiger partial charge on any atom is 0.239 e. The number of nitrogens with two attached hydrogens (primary N) is 1. The first-order valence-corrected chi connectivity index (χ1v) is 6.41. The number of benzene rings is 1. The van der Waals surface area contributed by atoms with E-state index in [1.807, 2.05) is 0 Å². The molecule has 0 fully saturated rings. The van der Waals surface area contributed by atoms with E-state index >= 15 is 0 Å². The Morgan fingerprint density at radius 2 is 1.91 bits per heavy atom. The van der Waals surface area contributed by atoms with Crippen LogP contribution < -0.4 is 21.1 Å². The molecular formula is C13H18ClF2N3O4. The fraction of sp³-hybridized carbons (Fsp3) is 0.385. The van der Waals surface area contributed by atoms with Crippen LogP contribution in [0.15, 0.2) is 18.2 Å². The Hall–Kier alpha value is -1.97. The molecule has 0 aromatic heterocycles. The molecule has 7 nitrogen and oxygen atoms in total. The number of rotatable bonds is 8. The number of nitrogens with one attached hydrogen (secondary N) is 2. The average molecular weight is 354 g/mol. The van der Waals surface area contributed by atoms with E-state index in [4.69, 9.17) is 10.5 Å². The summed E-state index contributed by atoms with van der Waals surface area (Å²) in [6.07, 6.45) is -1.05. The summed E-state index contributed by atoms with van der Waals surface area (Å²) in [7, 11) is 0. The number of aliphatic hydroxyl groups is 1. The number of ether oxygens (including phenoxy) is 1. The molecular weight excluding hydrogens is 336 g/mol. The molecule has 0 aliphatic carbocycles. The minimum absolute atomic E-state index is 0. The maximum absolute atomic E-state index is 12.9. The predicted molar refractivity (Wildman–Crippen MR) is 80.2 cm³/mol. The number of carbonyl (C=O) groups excluding carboxylic acids is 2. The second-order valence-electron chi connectivity index (χ2n) is 4.33. The molecule has 0 bridgehead atoms. The average Bonchev–Trinajstić information content (AvgIpc) is 2.51. The molecule has 10 heteroatoms. The Kier molecular flexibility index (Phi) is 9.79. The number of amides is 2. The SMILES string of the molecule is Cl.NCC(=O)NCC(=O)NCC(O)COc1ccc(F)c(F)c1. The van der Waals surface area contributed by atoms with E-state index in [9.17, 15) is 23.5 Å². The Morgan fingerprint density at radius 1 is 1.22 bits per heavy atom. The van der Waals surface area contributed by atoms with Crippen LogP contribution in [0.2, 0.25) is 0 Å². The molecule has 0 aliphatic heterocycles. The molecule has 0 aliphatic rings. The first-order valence-electron chi connectivity index (χ1n) is 6.41. The van der Waals surface area contributed by atoms with Crippen molar-refractivity contribution in [3.63, 3.8) is 0 Å². The van der Waals surface area contributed by atoms with Gasteiger partial charge in [-0.3, -0.25) is 9.59 Å². The summed E-state index contributed by atoms with van der Waals surface area (Å²) in [5.74, 6) is -2.99. The topological polar surface area (TPSA) is 114 Å². The van der Waals surface area contributed by atoms with Crippen LogP contribution in [0, 0.1) is 11.6 Å². The highest BCUT2D eigenvalue weighted by Crippen LogP contribution is 2.15. The van der Waals surface area contributed by atoms with Gasteiger partial charge in [-0.05, 0) is 12.1 Å². The lowest BCUT2D eigenvalue weighted by Gasteiger charge is -2.13. The Labute approximate surface area is 137 Å². The van der Waals surface area contributed by atoms with Crippen molar-refractivity contribution in [2.24, 2.45) is 5.73 Å². The molecule has 1 unspecified atom stereocenters. The van der Waals surface area contributed by atoms with Crippen molar-refractivity contribution in [2.75, 3.05) is 26.2 Å². The second-order valence-corrected chi connectivity index (χ2v) is 4.33. The molecule has 0 saturated carbocycles. The predicted octanol–water partition coefficient (Wildman–Crippen LogP) is -0.683. The van der Waals surface area contributed by atoms with Crippen molar-refractivity contribution in [1.82, 2.24) is 10.6 Å². The third-order valence-electron chi connectivity index (χ3n) is 2.50. The van der Waals surface area contributed by atoms with Crippen molar-refractivity contribution < 1.29 is 28.2 Å². The van der Waals surface area contributed by atoms with Crippen LogP contribution in [0.4, 0.5) is 8.78 Å². The fourth-order valence-electron chi connectivity index (χ4n) is 1.36. The summed E-state index contributed by atoms with van der Waals surface area (Å²) >= 11 is 0. The summed E-state index contributed by atoms with van der Waals surface area (Å²) in [6.45, 7) is -0.827. The molecule has 0 saturated heterocycles. The van der Waals surface area contributed by atoms with Gasteiger partial charge in [0, 0.05) is 12.6 Å². The van der Waals surface area contributed by atoms with Gasteiger partial charge in [-0.2, -0.15) is 0 Å². The van der Waals surface area contributed by atoms with Crippen LogP contribution in [-0.4, -0.2) is 49.3 Å². The largest absolute Gasteiger partial charge is 0.491 e. The van der Waals surface area contributed by atoms with Gasteiger partial charge in [-0.25, -0.2) is 8.78 Å². The fourth-order valence-corrected chi connectivity index (χ4v) is 1.36. The lowest BCUT2D eigenvalue weighted by Crippen LogP contribution is -2.42. The maximum atomic E-state index is 12.9. The van der Waals surface area contributed by atoms with Gasteiger partial charge in [0.05, 0.1) is 13.1 Å². The first-order chi connectivity index (χ1) is 10.4. The van der Waals surface area contributed by atoms with Gasteiger partial charge in [0.1, 0.15) is 18.5 Å². The van der Waals surface area contributed by atoms with E-state index in [2.05, 4.69) is 10.6 Å². The van der Waals surface area contributed by atoms with Crippen LogP contribution in [0.25, 0.3) is 0 Å². The van der Waals surface area contributed by atoms with Gasteiger partial charge in [-0.15, -0.1) is 12.4 Å². The van der Waals surface area contributed by atoms with Crippen LogP contribution in [0.1, 0.15) is 0 Å². The van der Waals surface area contributed by atoms with E-state index in [-0.39, 0.29) is 44.4 Å². The van der Waals surface area contributed by atoms with Crippen molar-refractivity contribution in [2.45, 2.75) is 6.10 Å². The van der Waals surface area contributed by atoms with E-state index in [0.29, 0.717) is 0 Å². The molecule has 0 heterocycles. The van der Waals surface area contributed by atoms with Gasteiger partial charge in [0.25, 0.3) is 0 Å². The summed E-state index contributed by atoms with van der Waals surface area (Å²) in [4.78, 5) is 22.1. The molecule has 1 atom stereocenters. The van der Waals surface area contributed by atoms with Crippen molar-refractivity contribution in [1.29, 1.82) is 0 Å². The molecule has 1 rings (SSSR count). The van der Waals surface area contributed by atoms with Crippen LogP contribution >= 0.6 is 12.4 Å². The number of halogens is 3. The summed E-state index contributed by atoms with van der Waals surface area (Å²) in [5, 5.41) is 14.2. The lowest BCUT2D eigenvalue weighted by molar-refractivity contribution is -0.125. The van der Waals surface area contributed by atoms with Crippen molar-refractivity contribution in [3.8, 4) is 5.75 Å². The summed E-state index contributed by atoms with van der Waals surface area (Å²) < 4.78 is 30.7. The monoisotopic (exact) mass is 353 g/mol. The molecule has 2 amide bonds. The molecule has 130 valence electrons. The molecule has 0 radical (unpaired) electrons. The summed E-state index contributed by atoms with van der Waals surface area (Å²) in [6, 6.07) is 2.97. The minimum Gasteiger partial charge on any atom is -0.491 e. The second kappa shape index (κ2) is 10.7. The first kappa shape index (κ1) is 21.0. The van der Waals surface area contributed by atoms with Crippen LogP contribution in [0.3, 0.4) is 0 Å². The van der Waals surface area contributed by atoms with Gasteiger partial charge in [0.15, 0.2) is 11.6 Å². The van der Waals surface area contributed by atoms with Gasteiger partial charge in [0.2, 0.25) is 11.8 Å². The summed E-state index contributed by atoms with van der Waals surface area (Å²) in [5.41, 5.74) is 5.04. The Morgan fingerprint density at radius 3 is 2.52 bits per heavy atom. The number of hydrogen-bond acceptors (Lipinski definition) is 5. The van der Waals surface area contributed by atoms with E-state index < -0.39 is 29.6 Å². The molecule has 0 spiro atoms. The smallest absolute Gasteiger partial charge is 0.239 e. The zero-order valence-corrected chi connectivity index (χ0v) is 12.9. The third-order valence-corrected chi connectivity index (χ3v) is 2.50. The standard InChI is InChI=1S/C13H17F2N3O4.ClH/c14-10-2-1-9(3-11(10)15)22-7-8(19)5-17-13(21)6-18-12(20)4-16;/h1-3,8,19H,4-7,16H2,(H,17,21)(H,18,20);1H. The normalized spacial score (nSPS) is 11.1. The van der Waals surface area contributed by atoms with Crippen LogP contribution in [-0.2, 0) is 9.59 Å². The van der Waals surface area contributed by atoms with Crippen molar-refractivity contribution in [3.05, 3.63) is 29.8 Å². The van der Waals surface area contributed by atoms with E-state index in [1.165, 1.54) is 6.07 Å². The Balaban J connectivity index is 0.00000484. The molecule has 1 aromatic carbocycles.